The van der Waals surface area contributed by atoms with Gasteiger partial charge >= 0.3 is 0 Å². The molecular weight excluding hydrogens is 126 g/mol. The van der Waals surface area contributed by atoms with Crippen LogP contribution in [-0.2, 0) is 4.74 Å². The molecule has 2 nitrogen and oxygen atoms in total. The molecule has 0 saturated carbocycles. The second-order valence-electron chi connectivity index (χ2n) is 3.17. The number of rotatable bonds is 5. The average Bonchev–Trinajstić information content (AvgIpc) is 1.82. The third kappa shape index (κ3) is 6.05. The summed E-state index contributed by atoms with van der Waals surface area (Å²) in [6.45, 7) is 5.16. The minimum absolute atomic E-state index is 0.319. The number of hydrogen-bond donors (Lipinski definition) is 1. The molecule has 0 aromatic heterocycles. The Morgan fingerprint density at radius 1 is 1.40 bits per heavy atom. The van der Waals surface area contributed by atoms with Gasteiger partial charge in [0.1, 0.15) is 0 Å². The van der Waals surface area contributed by atoms with Gasteiger partial charge in [-0.15, -0.1) is 0 Å². The van der Waals surface area contributed by atoms with E-state index in [1.54, 1.807) is 7.11 Å². The van der Waals surface area contributed by atoms with Crippen molar-refractivity contribution in [3.63, 3.8) is 0 Å². The van der Waals surface area contributed by atoms with Gasteiger partial charge in [-0.25, -0.2) is 0 Å². The molecular formula is C8H19NO. The van der Waals surface area contributed by atoms with E-state index in [2.05, 4.69) is 13.8 Å². The molecule has 0 heterocycles. The van der Waals surface area contributed by atoms with Crippen LogP contribution in [0.3, 0.4) is 0 Å². The van der Waals surface area contributed by atoms with E-state index in [1.807, 2.05) is 0 Å². The first kappa shape index (κ1) is 9.92. The Labute approximate surface area is 63.7 Å². The third-order valence-corrected chi connectivity index (χ3v) is 1.47. The number of hydrogen-bond acceptors (Lipinski definition) is 2. The fourth-order valence-corrected chi connectivity index (χ4v) is 0.993. The lowest BCUT2D eigenvalue weighted by Crippen LogP contribution is -2.23. The van der Waals surface area contributed by atoms with Gasteiger partial charge in [-0.05, 0) is 18.8 Å². The monoisotopic (exact) mass is 145 g/mol. The molecule has 0 aromatic carbocycles. The molecule has 0 spiro atoms. The van der Waals surface area contributed by atoms with Crippen LogP contribution in [0.15, 0.2) is 0 Å². The van der Waals surface area contributed by atoms with Gasteiger partial charge in [-0.1, -0.05) is 13.8 Å². The van der Waals surface area contributed by atoms with Crippen LogP contribution in [0.1, 0.15) is 26.7 Å². The topological polar surface area (TPSA) is 35.2 Å². The Balaban J connectivity index is 3.16. The van der Waals surface area contributed by atoms with Gasteiger partial charge in [0, 0.05) is 19.8 Å². The van der Waals surface area contributed by atoms with Gasteiger partial charge in [-0.2, -0.15) is 0 Å². The first-order valence-electron chi connectivity index (χ1n) is 3.91. The first-order chi connectivity index (χ1) is 4.66. The van der Waals surface area contributed by atoms with E-state index in [-0.39, 0.29) is 0 Å². The lowest BCUT2D eigenvalue weighted by Gasteiger charge is -2.12. The molecule has 10 heavy (non-hydrogen) atoms. The van der Waals surface area contributed by atoms with Crippen molar-refractivity contribution in [1.82, 2.24) is 0 Å². The zero-order valence-corrected chi connectivity index (χ0v) is 7.26. The fourth-order valence-electron chi connectivity index (χ4n) is 0.993. The zero-order valence-electron chi connectivity index (χ0n) is 7.26. The fraction of sp³-hybridized carbons (Fsp3) is 1.00. The van der Waals surface area contributed by atoms with Crippen LogP contribution >= 0.6 is 0 Å². The summed E-state index contributed by atoms with van der Waals surface area (Å²) in [4.78, 5) is 0. The highest BCUT2D eigenvalue weighted by Crippen LogP contribution is 2.04. The Kier molecular flexibility index (Phi) is 5.64. The largest absolute Gasteiger partial charge is 0.385 e. The van der Waals surface area contributed by atoms with E-state index >= 15 is 0 Å². The quantitative estimate of drug-likeness (QED) is 0.634. The predicted molar refractivity (Wildman–Crippen MR) is 43.9 cm³/mol. The number of ether oxygens (including phenoxy) is 1. The van der Waals surface area contributed by atoms with Crippen LogP contribution in [0.25, 0.3) is 0 Å². The first-order valence-corrected chi connectivity index (χ1v) is 3.91. The van der Waals surface area contributed by atoms with Crippen molar-refractivity contribution in [2.24, 2.45) is 11.7 Å². The molecule has 0 fully saturated rings. The Morgan fingerprint density at radius 3 is 2.40 bits per heavy atom. The van der Waals surface area contributed by atoms with Crippen molar-refractivity contribution in [2.45, 2.75) is 32.7 Å². The van der Waals surface area contributed by atoms with Crippen molar-refractivity contribution >= 4 is 0 Å². The molecule has 0 unspecified atom stereocenters. The predicted octanol–water partition coefficient (Wildman–Crippen LogP) is 1.40. The Morgan fingerprint density at radius 2 is 2.00 bits per heavy atom. The second kappa shape index (κ2) is 5.69. The Hall–Kier alpha value is -0.0800. The van der Waals surface area contributed by atoms with Crippen LogP contribution in [0, 0.1) is 5.92 Å². The van der Waals surface area contributed by atoms with Gasteiger partial charge in [0.2, 0.25) is 0 Å². The molecule has 0 bridgehead atoms. The molecule has 1 atom stereocenters. The van der Waals surface area contributed by atoms with Crippen LogP contribution < -0.4 is 5.73 Å². The highest BCUT2D eigenvalue weighted by molar-refractivity contribution is 4.62. The molecule has 2 N–H and O–H groups in total. The SMILES string of the molecule is COCC[C@@H](N)CC(C)C. The molecule has 0 amide bonds. The molecule has 2 heteroatoms. The minimum atomic E-state index is 0.319. The van der Waals surface area contributed by atoms with Crippen molar-refractivity contribution in [3.8, 4) is 0 Å². The van der Waals surface area contributed by atoms with Gasteiger partial charge in [0.25, 0.3) is 0 Å². The summed E-state index contributed by atoms with van der Waals surface area (Å²) in [6, 6.07) is 0.319. The highest BCUT2D eigenvalue weighted by Gasteiger charge is 2.03. The maximum Gasteiger partial charge on any atom is 0.0477 e. The summed E-state index contributed by atoms with van der Waals surface area (Å²) < 4.78 is 4.91. The number of methoxy groups -OCH3 is 1. The molecule has 0 aliphatic heterocycles. The van der Waals surface area contributed by atoms with Crippen LogP contribution in [0.4, 0.5) is 0 Å². The second-order valence-corrected chi connectivity index (χ2v) is 3.17. The molecule has 0 radical (unpaired) electrons. The lowest BCUT2D eigenvalue weighted by atomic mass is 10.0. The third-order valence-electron chi connectivity index (χ3n) is 1.47. The highest BCUT2D eigenvalue weighted by atomic mass is 16.5. The molecule has 0 aliphatic rings. The molecule has 0 rings (SSSR count). The molecule has 0 aromatic rings. The molecule has 0 saturated heterocycles. The van der Waals surface area contributed by atoms with E-state index < -0.39 is 0 Å². The average molecular weight is 145 g/mol. The summed E-state index contributed by atoms with van der Waals surface area (Å²) in [5, 5.41) is 0. The van der Waals surface area contributed by atoms with E-state index in [4.69, 9.17) is 10.5 Å². The van der Waals surface area contributed by atoms with E-state index in [0.717, 1.165) is 19.4 Å². The molecule has 0 aliphatic carbocycles. The van der Waals surface area contributed by atoms with Crippen molar-refractivity contribution in [3.05, 3.63) is 0 Å². The summed E-state index contributed by atoms with van der Waals surface area (Å²) in [5.41, 5.74) is 5.78. The van der Waals surface area contributed by atoms with Crippen molar-refractivity contribution < 1.29 is 4.74 Å². The summed E-state index contributed by atoms with van der Waals surface area (Å²) in [7, 11) is 1.71. The van der Waals surface area contributed by atoms with Crippen LogP contribution in [-0.4, -0.2) is 19.8 Å². The van der Waals surface area contributed by atoms with Gasteiger partial charge in [0.15, 0.2) is 0 Å². The van der Waals surface area contributed by atoms with Crippen LogP contribution in [0.5, 0.6) is 0 Å². The van der Waals surface area contributed by atoms with E-state index in [9.17, 15) is 0 Å². The summed E-state index contributed by atoms with van der Waals surface area (Å²) in [6.07, 6.45) is 2.08. The van der Waals surface area contributed by atoms with Gasteiger partial charge < -0.3 is 10.5 Å². The lowest BCUT2D eigenvalue weighted by molar-refractivity contribution is 0.185. The molecule has 62 valence electrons. The summed E-state index contributed by atoms with van der Waals surface area (Å²) in [5.74, 6) is 0.701. The summed E-state index contributed by atoms with van der Waals surface area (Å²) >= 11 is 0. The standard InChI is InChI=1S/C8H19NO/c1-7(2)6-8(9)4-5-10-3/h7-8H,4-6,9H2,1-3H3/t8-/m1/s1. The van der Waals surface area contributed by atoms with Crippen molar-refractivity contribution in [2.75, 3.05) is 13.7 Å². The minimum Gasteiger partial charge on any atom is -0.385 e. The van der Waals surface area contributed by atoms with Crippen LogP contribution in [0.2, 0.25) is 0 Å². The van der Waals surface area contributed by atoms with E-state index in [1.165, 1.54) is 0 Å². The van der Waals surface area contributed by atoms with Gasteiger partial charge in [0.05, 0.1) is 0 Å². The normalized spacial score (nSPS) is 14.1. The van der Waals surface area contributed by atoms with E-state index in [0.29, 0.717) is 12.0 Å². The maximum absolute atomic E-state index is 5.78. The maximum atomic E-state index is 5.78. The Bertz CT molecular complexity index is 73.7. The van der Waals surface area contributed by atoms with Crippen molar-refractivity contribution in [1.29, 1.82) is 0 Å². The van der Waals surface area contributed by atoms with Gasteiger partial charge in [-0.3, -0.25) is 0 Å². The smallest absolute Gasteiger partial charge is 0.0477 e. The number of nitrogens with two attached hydrogens (primary N) is 1. The zero-order chi connectivity index (χ0) is 7.98.